The molecule has 1 N–H and O–H groups in total. The van der Waals surface area contributed by atoms with E-state index in [0.29, 0.717) is 23.4 Å². The number of benzene rings is 2. The van der Waals surface area contributed by atoms with E-state index in [1.807, 2.05) is 0 Å². The molecule has 144 valence electrons. The minimum absolute atomic E-state index is 0.0723. The van der Waals surface area contributed by atoms with Crippen LogP contribution in [0.15, 0.2) is 54.6 Å². The number of rotatable bonds is 6. The second-order valence-corrected chi connectivity index (χ2v) is 5.98. The number of aromatic nitrogens is 2. The topological polar surface area (TPSA) is 73.2 Å². The van der Waals surface area contributed by atoms with Gasteiger partial charge in [0.05, 0.1) is 12.3 Å². The van der Waals surface area contributed by atoms with Crippen molar-refractivity contribution in [2.24, 2.45) is 0 Å². The van der Waals surface area contributed by atoms with Crippen molar-refractivity contribution in [2.45, 2.75) is 20.3 Å². The van der Waals surface area contributed by atoms with Gasteiger partial charge in [-0.25, -0.2) is 13.9 Å². The van der Waals surface area contributed by atoms with Gasteiger partial charge in [-0.2, -0.15) is 5.10 Å². The molecule has 2 aromatic carbocycles. The molecule has 1 amide bonds. The fourth-order valence-electron chi connectivity index (χ4n) is 2.70. The Hall–Kier alpha value is -3.48. The number of anilines is 1. The Labute approximate surface area is 161 Å². The molecule has 0 aliphatic rings. The van der Waals surface area contributed by atoms with Crippen molar-refractivity contribution in [1.82, 2.24) is 9.78 Å². The lowest BCUT2D eigenvalue weighted by Gasteiger charge is -2.10. The van der Waals surface area contributed by atoms with E-state index in [2.05, 4.69) is 10.4 Å². The van der Waals surface area contributed by atoms with Crippen LogP contribution >= 0.6 is 0 Å². The first-order valence-corrected chi connectivity index (χ1v) is 8.95. The maximum absolute atomic E-state index is 14.4. The molecule has 0 aliphatic heterocycles. The van der Waals surface area contributed by atoms with E-state index in [1.165, 1.54) is 10.7 Å². The summed E-state index contributed by atoms with van der Waals surface area (Å²) >= 11 is 0. The second-order valence-electron chi connectivity index (χ2n) is 5.98. The van der Waals surface area contributed by atoms with Gasteiger partial charge in [0.25, 0.3) is 0 Å². The van der Waals surface area contributed by atoms with Gasteiger partial charge in [-0.15, -0.1) is 0 Å². The highest BCUT2D eigenvalue weighted by molar-refractivity contribution is 5.92. The predicted molar refractivity (Wildman–Crippen MR) is 104 cm³/mol. The Morgan fingerprint density at radius 3 is 2.61 bits per heavy atom. The monoisotopic (exact) mass is 381 g/mol. The highest BCUT2D eigenvalue weighted by atomic mass is 19.1. The molecule has 0 saturated heterocycles. The quantitative estimate of drug-likeness (QED) is 0.650. The van der Waals surface area contributed by atoms with Crippen LogP contribution in [-0.4, -0.2) is 28.3 Å². The van der Waals surface area contributed by atoms with E-state index in [-0.39, 0.29) is 23.9 Å². The Balaban J connectivity index is 2.11. The zero-order chi connectivity index (χ0) is 20.1. The number of para-hydroxylation sites is 1. The molecule has 0 spiro atoms. The Bertz CT molecular complexity index is 1010. The molecule has 0 unspecified atom stereocenters. The van der Waals surface area contributed by atoms with Gasteiger partial charge in [-0.05, 0) is 37.3 Å². The van der Waals surface area contributed by atoms with Crippen molar-refractivity contribution >= 4 is 17.6 Å². The number of nitrogens with one attached hydrogen (secondary N) is 1. The zero-order valence-electron chi connectivity index (χ0n) is 15.6. The minimum Gasteiger partial charge on any atom is -0.461 e. The van der Waals surface area contributed by atoms with Crippen molar-refractivity contribution in [2.75, 3.05) is 11.9 Å². The molecule has 0 radical (unpaired) electrons. The molecule has 0 fully saturated rings. The third-order valence-corrected chi connectivity index (χ3v) is 4.04. The van der Waals surface area contributed by atoms with Crippen LogP contribution in [0.2, 0.25) is 0 Å². The smallest absolute Gasteiger partial charge is 0.358 e. The van der Waals surface area contributed by atoms with E-state index in [9.17, 15) is 14.0 Å². The minimum atomic E-state index is -0.589. The number of amides is 1. The molecule has 3 aromatic rings. The summed E-state index contributed by atoms with van der Waals surface area (Å²) in [5.41, 5.74) is 2.04. The molecule has 1 heterocycles. The van der Waals surface area contributed by atoms with Gasteiger partial charge in [0.15, 0.2) is 5.69 Å². The molecule has 0 saturated carbocycles. The van der Waals surface area contributed by atoms with Gasteiger partial charge in [0.1, 0.15) is 11.5 Å². The number of halogens is 1. The van der Waals surface area contributed by atoms with Crippen LogP contribution in [-0.2, 0) is 9.53 Å². The largest absolute Gasteiger partial charge is 0.461 e. The van der Waals surface area contributed by atoms with E-state index >= 15 is 0 Å². The standard InChI is InChI=1S/C21H20FN3O3/c1-3-20(26)23-15-9-7-8-14(12-15)19-13-17(21(27)28-4-2)24-25(19)18-11-6-5-10-16(18)22/h5-13H,3-4H2,1-2H3,(H,23,26). The van der Waals surface area contributed by atoms with Crippen LogP contribution in [0.3, 0.4) is 0 Å². The van der Waals surface area contributed by atoms with Gasteiger partial charge in [0, 0.05) is 17.7 Å². The maximum Gasteiger partial charge on any atom is 0.358 e. The van der Waals surface area contributed by atoms with Crippen molar-refractivity contribution in [1.29, 1.82) is 0 Å². The fourth-order valence-corrected chi connectivity index (χ4v) is 2.70. The fraction of sp³-hybridized carbons (Fsp3) is 0.190. The summed E-state index contributed by atoms with van der Waals surface area (Å²) in [5, 5.41) is 7.05. The lowest BCUT2D eigenvalue weighted by atomic mass is 10.1. The Morgan fingerprint density at radius 1 is 1.11 bits per heavy atom. The average molecular weight is 381 g/mol. The molecule has 0 aliphatic carbocycles. The molecule has 1 aromatic heterocycles. The van der Waals surface area contributed by atoms with Crippen molar-refractivity contribution in [3.05, 3.63) is 66.1 Å². The van der Waals surface area contributed by atoms with Gasteiger partial charge in [-0.1, -0.05) is 31.2 Å². The van der Waals surface area contributed by atoms with Crippen LogP contribution in [0.4, 0.5) is 10.1 Å². The highest BCUT2D eigenvalue weighted by Crippen LogP contribution is 2.27. The first-order chi connectivity index (χ1) is 13.5. The van der Waals surface area contributed by atoms with Crippen LogP contribution in [0.1, 0.15) is 30.8 Å². The lowest BCUT2D eigenvalue weighted by Crippen LogP contribution is -2.09. The van der Waals surface area contributed by atoms with Crippen molar-refractivity contribution in [3.63, 3.8) is 0 Å². The van der Waals surface area contributed by atoms with Crippen LogP contribution in [0.25, 0.3) is 16.9 Å². The number of hydrogen-bond acceptors (Lipinski definition) is 4. The van der Waals surface area contributed by atoms with Crippen LogP contribution < -0.4 is 5.32 Å². The predicted octanol–water partition coefficient (Wildman–Crippen LogP) is 4.20. The second kappa shape index (κ2) is 8.47. The highest BCUT2D eigenvalue weighted by Gasteiger charge is 2.19. The molecule has 6 nitrogen and oxygen atoms in total. The van der Waals surface area contributed by atoms with Gasteiger partial charge in [-0.3, -0.25) is 4.79 Å². The normalized spacial score (nSPS) is 10.5. The third kappa shape index (κ3) is 4.09. The van der Waals surface area contributed by atoms with Gasteiger partial charge < -0.3 is 10.1 Å². The van der Waals surface area contributed by atoms with Crippen molar-refractivity contribution < 1.29 is 18.7 Å². The van der Waals surface area contributed by atoms with Crippen LogP contribution in [0, 0.1) is 5.82 Å². The summed E-state index contributed by atoms with van der Waals surface area (Å²) in [6.45, 7) is 3.67. The van der Waals surface area contributed by atoms with E-state index in [4.69, 9.17) is 4.74 Å². The summed E-state index contributed by atoms with van der Waals surface area (Å²) < 4.78 is 20.8. The number of esters is 1. The number of carbonyl (C=O) groups excluding carboxylic acids is 2. The van der Waals surface area contributed by atoms with E-state index in [1.54, 1.807) is 62.4 Å². The van der Waals surface area contributed by atoms with E-state index in [0.717, 1.165) is 0 Å². The van der Waals surface area contributed by atoms with E-state index < -0.39 is 11.8 Å². The molecule has 0 bridgehead atoms. The van der Waals surface area contributed by atoms with Gasteiger partial charge >= 0.3 is 5.97 Å². The first kappa shape index (κ1) is 19.3. The maximum atomic E-state index is 14.4. The number of hydrogen-bond donors (Lipinski definition) is 1. The van der Waals surface area contributed by atoms with Crippen molar-refractivity contribution in [3.8, 4) is 16.9 Å². The van der Waals surface area contributed by atoms with Gasteiger partial charge in [0.2, 0.25) is 5.91 Å². The molecule has 0 atom stereocenters. The summed E-state index contributed by atoms with van der Waals surface area (Å²) in [6.07, 6.45) is 0.352. The summed E-state index contributed by atoms with van der Waals surface area (Å²) in [7, 11) is 0. The molecular formula is C21H20FN3O3. The SMILES string of the molecule is CCOC(=O)c1cc(-c2cccc(NC(=O)CC)c2)n(-c2ccccc2F)n1. The average Bonchev–Trinajstić information content (AvgIpc) is 3.14. The number of carbonyl (C=O) groups is 2. The summed E-state index contributed by atoms with van der Waals surface area (Å²) in [5.74, 6) is -1.18. The van der Waals surface area contributed by atoms with Crippen LogP contribution in [0.5, 0.6) is 0 Å². The first-order valence-electron chi connectivity index (χ1n) is 8.95. The Kier molecular flexibility index (Phi) is 5.84. The lowest BCUT2D eigenvalue weighted by molar-refractivity contribution is -0.115. The third-order valence-electron chi connectivity index (χ3n) is 4.04. The zero-order valence-corrected chi connectivity index (χ0v) is 15.6. The molecule has 28 heavy (non-hydrogen) atoms. The molecule has 7 heteroatoms. The molecule has 3 rings (SSSR count). The Morgan fingerprint density at radius 2 is 1.89 bits per heavy atom. The summed E-state index contributed by atoms with van der Waals surface area (Å²) in [6, 6.07) is 14.8. The number of ether oxygens (including phenoxy) is 1. The number of nitrogens with zero attached hydrogens (tertiary/aromatic N) is 2. The molecular weight excluding hydrogens is 361 g/mol. The summed E-state index contributed by atoms with van der Waals surface area (Å²) in [4.78, 5) is 23.8.